The monoisotopic (exact) mass is 241 g/mol. The van der Waals surface area contributed by atoms with Gasteiger partial charge in [0.15, 0.2) is 0 Å². The van der Waals surface area contributed by atoms with E-state index in [-0.39, 0.29) is 5.91 Å². The summed E-state index contributed by atoms with van der Waals surface area (Å²) >= 11 is 3.35. The van der Waals surface area contributed by atoms with Gasteiger partial charge in [0, 0.05) is 18.6 Å². The van der Waals surface area contributed by atoms with E-state index in [1.54, 1.807) is 19.0 Å². The van der Waals surface area contributed by atoms with Crippen LogP contribution in [-0.2, 0) is 0 Å². The minimum Gasteiger partial charge on any atom is -0.345 e. The molecule has 0 unspecified atom stereocenters. The van der Waals surface area contributed by atoms with Crippen molar-refractivity contribution < 1.29 is 4.79 Å². The summed E-state index contributed by atoms with van der Waals surface area (Å²) in [6.45, 7) is 1.97. The zero-order chi connectivity index (χ0) is 10.0. The van der Waals surface area contributed by atoms with Crippen molar-refractivity contribution in [2.24, 2.45) is 0 Å². The first kappa shape index (κ1) is 10.3. The molecule has 0 bridgehead atoms. The van der Waals surface area contributed by atoms with Crippen LogP contribution < -0.4 is 0 Å². The number of hydrogen-bond acceptors (Lipinski definition) is 1. The molecule has 70 valence electrons. The molecule has 0 aliphatic rings. The Bertz CT molecular complexity index is 334. The average Bonchev–Trinajstić information content (AvgIpc) is 2.08. The van der Waals surface area contributed by atoms with Gasteiger partial charge < -0.3 is 4.90 Å². The Morgan fingerprint density at radius 3 is 2.54 bits per heavy atom. The van der Waals surface area contributed by atoms with Crippen molar-refractivity contribution in [1.82, 2.24) is 4.90 Å². The number of benzene rings is 1. The second-order valence-corrected chi connectivity index (χ2v) is 4.04. The number of halogens is 1. The van der Waals surface area contributed by atoms with Gasteiger partial charge in [-0.1, -0.05) is 11.6 Å². The Balaban J connectivity index is 3.13. The molecular formula is C10H12BrNO. The zero-order valence-electron chi connectivity index (χ0n) is 7.97. The molecule has 1 aromatic carbocycles. The van der Waals surface area contributed by atoms with Crippen molar-refractivity contribution in [1.29, 1.82) is 0 Å². The number of carbonyl (C=O) groups is 1. The Kier molecular flexibility index (Phi) is 3.09. The van der Waals surface area contributed by atoms with Gasteiger partial charge in [0.1, 0.15) is 0 Å². The number of aryl methyl sites for hydroxylation is 1. The van der Waals surface area contributed by atoms with Crippen LogP contribution in [0.1, 0.15) is 15.9 Å². The molecular weight excluding hydrogens is 230 g/mol. The lowest BCUT2D eigenvalue weighted by Gasteiger charge is -2.11. The molecule has 0 atom stereocenters. The van der Waals surface area contributed by atoms with Gasteiger partial charge in [-0.2, -0.15) is 0 Å². The molecule has 1 aromatic rings. The standard InChI is InChI=1S/C10H12BrNO/c1-7-4-5-9(11)8(6-7)10(13)12(2)3/h4-6H,1-3H3. The Morgan fingerprint density at radius 2 is 2.00 bits per heavy atom. The van der Waals surface area contributed by atoms with E-state index in [0.717, 1.165) is 10.0 Å². The Hall–Kier alpha value is -0.830. The van der Waals surface area contributed by atoms with E-state index in [1.807, 2.05) is 25.1 Å². The highest BCUT2D eigenvalue weighted by Crippen LogP contribution is 2.18. The van der Waals surface area contributed by atoms with Crippen LogP contribution in [0.5, 0.6) is 0 Å². The van der Waals surface area contributed by atoms with Crippen molar-refractivity contribution in [3.05, 3.63) is 33.8 Å². The Morgan fingerprint density at radius 1 is 1.38 bits per heavy atom. The largest absolute Gasteiger partial charge is 0.345 e. The molecule has 0 aromatic heterocycles. The summed E-state index contributed by atoms with van der Waals surface area (Å²) in [5.41, 5.74) is 1.80. The molecule has 1 rings (SSSR count). The summed E-state index contributed by atoms with van der Waals surface area (Å²) < 4.78 is 0.844. The van der Waals surface area contributed by atoms with Crippen molar-refractivity contribution >= 4 is 21.8 Å². The SMILES string of the molecule is Cc1ccc(Br)c(C(=O)N(C)C)c1. The maximum atomic E-state index is 11.6. The average molecular weight is 242 g/mol. The normalized spacial score (nSPS) is 9.85. The first-order valence-electron chi connectivity index (χ1n) is 4.00. The lowest BCUT2D eigenvalue weighted by molar-refractivity contribution is 0.0826. The lowest BCUT2D eigenvalue weighted by Crippen LogP contribution is -2.22. The quantitative estimate of drug-likeness (QED) is 0.740. The van der Waals surface area contributed by atoms with Crippen LogP contribution in [0.25, 0.3) is 0 Å². The summed E-state index contributed by atoms with van der Waals surface area (Å²) in [4.78, 5) is 13.2. The van der Waals surface area contributed by atoms with E-state index >= 15 is 0 Å². The van der Waals surface area contributed by atoms with Crippen LogP contribution in [0.4, 0.5) is 0 Å². The molecule has 0 fully saturated rings. The minimum absolute atomic E-state index is 0.0237. The fourth-order valence-electron chi connectivity index (χ4n) is 1.04. The van der Waals surface area contributed by atoms with Crippen LogP contribution in [0.2, 0.25) is 0 Å². The van der Waals surface area contributed by atoms with Crippen molar-refractivity contribution in [3.63, 3.8) is 0 Å². The molecule has 13 heavy (non-hydrogen) atoms. The summed E-state index contributed by atoms with van der Waals surface area (Å²) in [5.74, 6) is 0.0237. The van der Waals surface area contributed by atoms with E-state index in [4.69, 9.17) is 0 Å². The molecule has 0 spiro atoms. The molecule has 2 nitrogen and oxygen atoms in total. The van der Waals surface area contributed by atoms with Crippen molar-refractivity contribution in [2.45, 2.75) is 6.92 Å². The van der Waals surface area contributed by atoms with Gasteiger partial charge in [0.05, 0.1) is 5.56 Å². The fraction of sp³-hybridized carbons (Fsp3) is 0.300. The molecule has 0 aliphatic heterocycles. The van der Waals surface area contributed by atoms with Gasteiger partial charge >= 0.3 is 0 Å². The lowest BCUT2D eigenvalue weighted by atomic mass is 10.1. The third-order valence-corrected chi connectivity index (χ3v) is 2.45. The second-order valence-electron chi connectivity index (χ2n) is 3.18. The molecule has 3 heteroatoms. The molecule has 0 radical (unpaired) electrons. The van der Waals surface area contributed by atoms with Crippen LogP contribution in [-0.4, -0.2) is 24.9 Å². The minimum atomic E-state index is 0.0237. The Labute approximate surface area is 86.7 Å². The number of nitrogens with zero attached hydrogens (tertiary/aromatic N) is 1. The molecule has 0 saturated carbocycles. The number of carbonyl (C=O) groups excluding carboxylic acids is 1. The van der Waals surface area contributed by atoms with Crippen LogP contribution in [0, 0.1) is 6.92 Å². The molecule has 0 heterocycles. The van der Waals surface area contributed by atoms with Gasteiger partial charge in [-0.15, -0.1) is 0 Å². The fourth-order valence-corrected chi connectivity index (χ4v) is 1.46. The van der Waals surface area contributed by atoms with Gasteiger partial charge in [0.25, 0.3) is 5.91 Å². The number of rotatable bonds is 1. The smallest absolute Gasteiger partial charge is 0.254 e. The van der Waals surface area contributed by atoms with Gasteiger partial charge in [-0.05, 0) is 35.0 Å². The van der Waals surface area contributed by atoms with Crippen LogP contribution in [0.15, 0.2) is 22.7 Å². The highest BCUT2D eigenvalue weighted by molar-refractivity contribution is 9.10. The number of hydrogen-bond donors (Lipinski definition) is 0. The molecule has 0 N–H and O–H groups in total. The highest BCUT2D eigenvalue weighted by atomic mass is 79.9. The maximum Gasteiger partial charge on any atom is 0.254 e. The summed E-state index contributed by atoms with van der Waals surface area (Å²) in [6, 6.07) is 5.75. The highest BCUT2D eigenvalue weighted by Gasteiger charge is 2.11. The number of amides is 1. The first-order valence-corrected chi connectivity index (χ1v) is 4.79. The predicted octanol–water partition coefficient (Wildman–Crippen LogP) is 2.46. The van der Waals surface area contributed by atoms with E-state index in [0.29, 0.717) is 5.56 Å². The van der Waals surface area contributed by atoms with E-state index in [9.17, 15) is 4.79 Å². The molecule has 1 amide bonds. The van der Waals surface area contributed by atoms with Crippen LogP contribution in [0.3, 0.4) is 0 Å². The second kappa shape index (κ2) is 3.92. The first-order chi connectivity index (χ1) is 6.02. The van der Waals surface area contributed by atoms with E-state index < -0.39 is 0 Å². The van der Waals surface area contributed by atoms with Gasteiger partial charge in [-0.25, -0.2) is 0 Å². The van der Waals surface area contributed by atoms with E-state index in [2.05, 4.69) is 15.9 Å². The summed E-state index contributed by atoms with van der Waals surface area (Å²) in [5, 5.41) is 0. The predicted molar refractivity (Wildman–Crippen MR) is 56.9 cm³/mol. The van der Waals surface area contributed by atoms with E-state index in [1.165, 1.54) is 0 Å². The topological polar surface area (TPSA) is 20.3 Å². The summed E-state index contributed by atoms with van der Waals surface area (Å²) in [6.07, 6.45) is 0. The van der Waals surface area contributed by atoms with Crippen molar-refractivity contribution in [3.8, 4) is 0 Å². The summed E-state index contributed by atoms with van der Waals surface area (Å²) in [7, 11) is 3.49. The van der Waals surface area contributed by atoms with Crippen LogP contribution >= 0.6 is 15.9 Å². The molecule has 0 saturated heterocycles. The third kappa shape index (κ3) is 2.31. The third-order valence-electron chi connectivity index (χ3n) is 1.76. The van der Waals surface area contributed by atoms with Gasteiger partial charge in [0.2, 0.25) is 0 Å². The maximum absolute atomic E-state index is 11.6. The zero-order valence-corrected chi connectivity index (χ0v) is 9.55. The molecule has 0 aliphatic carbocycles. The van der Waals surface area contributed by atoms with Crippen molar-refractivity contribution in [2.75, 3.05) is 14.1 Å². The van der Waals surface area contributed by atoms with Gasteiger partial charge in [-0.3, -0.25) is 4.79 Å².